The van der Waals surface area contributed by atoms with E-state index in [1.165, 1.54) is 19.4 Å². The smallest absolute Gasteiger partial charge is 0.151 e. The minimum absolute atomic E-state index is 0.470. The van der Waals surface area contributed by atoms with Crippen LogP contribution in [0.15, 0.2) is 12.1 Å². The topological polar surface area (TPSA) is 58.3 Å². The van der Waals surface area contributed by atoms with Crippen molar-refractivity contribution in [2.45, 2.75) is 18.9 Å². The van der Waals surface area contributed by atoms with Gasteiger partial charge in [-0.2, -0.15) is 0 Å². The molecule has 1 aliphatic rings. The van der Waals surface area contributed by atoms with Crippen LogP contribution >= 0.6 is 0 Å². The van der Waals surface area contributed by atoms with E-state index in [-0.39, 0.29) is 0 Å². The maximum absolute atomic E-state index is 5.53. The molecule has 0 bridgehead atoms. The Hall–Kier alpha value is -1.36. The third kappa shape index (κ3) is 2.41. The first kappa shape index (κ1) is 11.1. The van der Waals surface area contributed by atoms with E-state index in [4.69, 9.17) is 5.73 Å². The van der Waals surface area contributed by atoms with Crippen LogP contribution in [-0.4, -0.2) is 48.3 Å². The van der Waals surface area contributed by atoms with Gasteiger partial charge >= 0.3 is 0 Å². The van der Waals surface area contributed by atoms with Crippen molar-refractivity contribution in [2.24, 2.45) is 0 Å². The molecule has 0 saturated carbocycles. The molecule has 1 fully saturated rings. The largest absolute Gasteiger partial charge is 0.382 e. The maximum atomic E-state index is 5.53. The Labute approximate surface area is 96.2 Å². The summed E-state index contributed by atoms with van der Waals surface area (Å²) in [6, 6.07) is 4.25. The SMILES string of the molecule is CN1CCCC(N(C)c2ccc(N)nn2)C1. The Balaban J connectivity index is 2.06. The lowest BCUT2D eigenvalue weighted by atomic mass is 10.1. The Morgan fingerprint density at radius 2 is 2.25 bits per heavy atom. The predicted octanol–water partition coefficient (Wildman–Crippen LogP) is 0.589. The molecule has 1 aromatic rings. The predicted molar refractivity (Wildman–Crippen MR) is 65.4 cm³/mol. The summed E-state index contributed by atoms with van der Waals surface area (Å²) in [7, 11) is 4.23. The summed E-state index contributed by atoms with van der Waals surface area (Å²) in [5.74, 6) is 1.37. The number of piperidine rings is 1. The van der Waals surface area contributed by atoms with Gasteiger partial charge < -0.3 is 15.5 Å². The molecule has 2 N–H and O–H groups in total. The number of nitrogen functional groups attached to an aromatic ring is 1. The molecular formula is C11H19N5. The number of likely N-dealkylation sites (N-methyl/N-ethyl adjacent to an activating group) is 2. The van der Waals surface area contributed by atoms with E-state index in [2.05, 4.69) is 34.1 Å². The van der Waals surface area contributed by atoms with Crippen LogP contribution in [0.1, 0.15) is 12.8 Å². The molecule has 0 radical (unpaired) electrons. The lowest BCUT2D eigenvalue weighted by Crippen LogP contribution is -2.45. The maximum Gasteiger partial charge on any atom is 0.151 e. The molecule has 1 aliphatic heterocycles. The quantitative estimate of drug-likeness (QED) is 0.792. The molecule has 16 heavy (non-hydrogen) atoms. The molecule has 1 unspecified atom stereocenters. The van der Waals surface area contributed by atoms with Crippen LogP contribution in [0.2, 0.25) is 0 Å². The van der Waals surface area contributed by atoms with Crippen molar-refractivity contribution in [1.29, 1.82) is 0 Å². The molecule has 1 atom stereocenters. The molecule has 2 rings (SSSR count). The number of anilines is 2. The third-order valence-corrected chi connectivity index (χ3v) is 3.18. The van der Waals surface area contributed by atoms with Crippen molar-refractivity contribution in [3.8, 4) is 0 Å². The minimum atomic E-state index is 0.470. The number of hydrogen-bond acceptors (Lipinski definition) is 5. The molecule has 1 aromatic heterocycles. The van der Waals surface area contributed by atoms with Crippen molar-refractivity contribution >= 4 is 11.6 Å². The van der Waals surface area contributed by atoms with Crippen molar-refractivity contribution < 1.29 is 0 Å². The molecule has 0 aromatic carbocycles. The number of aromatic nitrogens is 2. The van der Waals surface area contributed by atoms with E-state index in [0.717, 1.165) is 12.4 Å². The Morgan fingerprint density at radius 3 is 2.88 bits per heavy atom. The highest BCUT2D eigenvalue weighted by molar-refractivity contribution is 5.41. The van der Waals surface area contributed by atoms with Crippen LogP contribution in [0.3, 0.4) is 0 Å². The van der Waals surface area contributed by atoms with Crippen molar-refractivity contribution in [2.75, 3.05) is 37.8 Å². The van der Waals surface area contributed by atoms with Crippen LogP contribution in [-0.2, 0) is 0 Å². The molecule has 0 amide bonds. The monoisotopic (exact) mass is 221 g/mol. The van der Waals surface area contributed by atoms with Gasteiger partial charge in [0.2, 0.25) is 0 Å². The van der Waals surface area contributed by atoms with E-state index < -0.39 is 0 Å². The average molecular weight is 221 g/mol. The summed E-state index contributed by atoms with van der Waals surface area (Å²) in [6.07, 6.45) is 2.46. The molecule has 1 saturated heterocycles. The number of likely N-dealkylation sites (tertiary alicyclic amines) is 1. The molecule has 2 heterocycles. The number of nitrogens with zero attached hydrogens (tertiary/aromatic N) is 4. The lowest BCUT2D eigenvalue weighted by molar-refractivity contribution is 0.247. The molecular weight excluding hydrogens is 202 g/mol. The highest BCUT2D eigenvalue weighted by Gasteiger charge is 2.21. The van der Waals surface area contributed by atoms with E-state index in [1.54, 1.807) is 6.07 Å². The van der Waals surface area contributed by atoms with Crippen LogP contribution in [0.4, 0.5) is 11.6 Å². The summed E-state index contributed by atoms with van der Waals surface area (Å²) in [4.78, 5) is 4.55. The van der Waals surface area contributed by atoms with Gasteiger partial charge in [0, 0.05) is 19.6 Å². The van der Waals surface area contributed by atoms with E-state index >= 15 is 0 Å². The molecule has 5 nitrogen and oxygen atoms in total. The summed E-state index contributed by atoms with van der Waals surface area (Å²) < 4.78 is 0. The van der Waals surface area contributed by atoms with Crippen molar-refractivity contribution in [3.05, 3.63) is 12.1 Å². The highest BCUT2D eigenvalue weighted by Crippen LogP contribution is 2.18. The zero-order valence-corrected chi connectivity index (χ0v) is 9.93. The first-order valence-corrected chi connectivity index (χ1v) is 5.67. The summed E-state index contributed by atoms with van der Waals surface area (Å²) >= 11 is 0. The summed E-state index contributed by atoms with van der Waals surface area (Å²) in [5, 5.41) is 8.00. The number of hydrogen-bond donors (Lipinski definition) is 1. The van der Waals surface area contributed by atoms with Crippen LogP contribution < -0.4 is 10.6 Å². The first-order valence-electron chi connectivity index (χ1n) is 5.67. The van der Waals surface area contributed by atoms with Gasteiger partial charge in [-0.1, -0.05) is 0 Å². The zero-order chi connectivity index (χ0) is 11.5. The Bertz CT molecular complexity index is 337. The fourth-order valence-electron chi connectivity index (χ4n) is 2.17. The second kappa shape index (κ2) is 4.65. The van der Waals surface area contributed by atoms with Gasteiger partial charge in [-0.25, -0.2) is 0 Å². The Kier molecular flexibility index (Phi) is 3.24. The lowest BCUT2D eigenvalue weighted by Gasteiger charge is -2.36. The fraction of sp³-hybridized carbons (Fsp3) is 0.636. The standard InChI is InChI=1S/C11H19N5/c1-15-7-3-4-9(8-15)16(2)11-6-5-10(12)13-14-11/h5-6,9H,3-4,7-8H2,1-2H3,(H2,12,13). The van der Waals surface area contributed by atoms with Crippen molar-refractivity contribution in [1.82, 2.24) is 15.1 Å². The third-order valence-electron chi connectivity index (χ3n) is 3.18. The fourth-order valence-corrected chi connectivity index (χ4v) is 2.17. The van der Waals surface area contributed by atoms with Crippen molar-refractivity contribution in [3.63, 3.8) is 0 Å². The van der Waals surface area contributed by atoms with Gasteiger partial charge in [-0.15, -0.1) is 10.2 Å². The first-order chi connectivity index (χ1) is 7.66. The van der Waals surface area contributed by atoms with Gasteiger partial charge in [0.15, 0.2) is 5.82 Å². The minimum Gasteiger partial charge on any atom is -0.382 e. The number of nitrogens with two attached hydrogens (primary N) is 1. The van der Waals surface area contributed by atoms with Gasteiger partial charge in [0.1, 0.15) is 5.82 Å². The van der Waals surface area contributed by atoms with E-state index in [1.807, 2.05) is 6.07 Å². The van der Waals surface area contributed by atoms with Gasteiger partial charge in [-0.3, -0.25) is 0 Å². The molecule has 0 aliphatic carbocycles. The van der Waals surface area contributed by atoms with E-state index in [9.17, 15) is 0 Å². The van der Waals surface area contributed by atoms with Crippen LogP contribution in [0, 0.1) is 0 Å². The van der Waals surface area contributed by atoms with Crippen LogP contribution in [0.25, 0.3) is 0 Å². The van der Waals surface area contributed by atoms with E-state index in [0.29, 0.717) is 11.9 Å². The highest BCUT2D eigenvalue weighted by atomic mass is 15.3. The average Bonchev–Trinajstić information content (AvgIpc) is 2.29. The normalized spacial score (nSPS) is 22.0. The molecule has 88 valence electrons. The van der Waals surface area contributed by atoms with Gasteiger partial charge in [0.25, 0.3) is 0 Å². The zero-order valence-electron chi connectivity index (χ0n) is 9.93. The second-order valence-corrected chi connectivity index (χ2v) is 4.49. The summed E-state index contributed by atoms with van der Waals surface area (Å²) in [6.45, 7) is 2.28. The molecule has 0 spiro atoms. The van der Waals surface area contributed by atoms with Gasteiger partial charge in [0.05, 0.1) is 0 Å². The Morgan fingerprint density at radius 1 is 1.44 bits per heavy atom. The number of rotatable bonds is 2. The van der Waals surface area contributed by atoms with Crippen LogP contribution in [0.5, 0.6) is 0 Å². The summed E-state index contributed by atoms with van der Waals surface area (Å²) in [5.41, 5.74) is 5.53. The van der Waals surface area contributed by atoms with Gasteiger partial charge in [-0.05, 0) is 38.6 Å². The molecule has 5 heteroatoms. The second-order valence-electron chi connectivity index (χ2n) is 4.49.